The van der Waals surface area contributed by atoms with Crippen LogP contribution in [0.4, 0.5) is 5.82 Å². The second-order valence-electron chi connectivity index (χ2n) is 9.25. The van der Waals surface area contributed by atoms with E-state index >= 15 is 0 Å². The SMILES string of the molecule is CC(C(=O)Nc1cc(C2CC2)[nH]n1)c1cccc(C2=CCN(C(=O)C=CCN(C)C)CC2)c1. The Morgan fingerprint density at radius 1 is 1.30 bits per heavy atom. The highest BCUT2D eigenvalue weighted by atomic mass is 16.2. The minimum atomic E-state index is -0.296. The Morgan fingerprint density at radius 3 is 2.82 bits per heavy atom. The summed E-state index contributed by atoms with van der Waals surface area (Å²) >= 11 is 0. The molecule has 1 unspecified atom stereocenters. The van der Waals surface area contributed by atoms with E-state index in [1.807, 2.05) is 55.1 Å². The maximum absolute atomic E-state index is 12.8. The molecule has 0 radical (unpaired) electrons. The van der Waals surface area contributed by atoms with Crippen LogP contribution in [-0.4, -0.2) is 65.5 Å². The summed E-state index contributed by atoms with van der Waals surface area (Å²) in [5.41, 5.74) is 4.39. The summed E-state index contributed by atoms with van der Waals surface area (Å²) in [7, 11) is 3.96. The smallest absolute Gasteiger partial charge is 0.246 e. The Kier molecular flexibility index (Phi) is 7.08. The van der Waals surface area contributed by atoms with Gasteiger partial charge in [0.1, 0.15) is 0 Å². The third-order valence-electron chi connectivity index (χ3n) is 6.27. The Hall–Kier alpha value is -3.19. The molecule has 7 heteroatoms. The van der Waals surface area contributed by atoms with Gasteiger partial charge < -0.3 is 15.1 Å². The van der Waals surface area contributed by atoms with Crippen molar-refractivity contribution in [2.75, 3.05) is 39.0 Å². The topological polar surface area (TPSA) is 81.3 Å². The highest BCUT2D eigenvalue weighted by Gasteiger charge is 2.26. The molecular formula is C26H33N5O2. The number of hydrogen-bond acceptors (Lipinski definition) is 4. The van der Waals surface area contributed by atoms with Crippen molar-refractivity contribution in [2.24, 2.45) is 0 Å². The maximum atomic E-state index is 12.8. The molecule has 1 saturated carbocycles. The monoisotopic (exact) mass is 447 g/mol. The molecule has 174 valence electrons. The van der Waals surface area contributed by atoms with Gasteiger partial charge in [0.15, 0.2) is 5.82 Å². The van der Waals surface area contributed by atoms with Crippen molar-refractivity contribution in [1.82, 2.24) is 20.0 Å². The van der Waals surface area contributed by atoms with Crippen molar-refractivity contribution in [3.63, 3.8) is 0 Å². The summed E-state index contributed by atoms with van der Waals surface area (Å²) < 4.78 is 0. The first-order valence-corrected chi connectivity index (χ1v) is 11.7. The fourth-order valence-electron chi connectivity index (χ4n) is 4.00. The van der Waals surface area contributed by atoms with Crippen molar-refractivity contribution in [3.8, 4) is 0 Å². The van der Waals surface area contributed by atoms with Crippen LogP contribution in [0.1, 0.15) is 54.8 Å². The van der Waals surface area contributed by atoms with Crippen molar-refractivity contribution in [1.29, 1.82) is 0 Å². The van der Waals surface area contributed by atoms with Crippen LogP contribution in [-0.2, 0) is 9.59 Å². The Balaban J connectivity index is 1.36. The lowest BCUT2D eigenvalue weighted by atomic mass is 9.93. The number of hydrogen-bond donors (Lipinski definition) is 2. The van der Waals surface area contributed by atoms with Crippen LogP contribution in [0.2, 0.25) is 0 Å². The molecule has 2 aromatic rings. The third kappa shape index (κ3) is 5.99. The van der Waals surface area contributed by atoms with E-state index in [0.717, 1.165) is 29.8 Å². The van der Waals surface area contributed by atoms with Gasteiger partial charge in [0, 0.05) is 43.4 Å². The van der Waals surface area contributed by atoms with E-state index in [4.69, 9.17) is 0 Å². The van der Waals surface area contributed by atoms with Crippen LogP contribution in [0.5, 0.6) is 0 Å². The molecule has 0 saturated heterocycles. The van der Waals surface area contributed by atoms with Gasteiger partial charge in [0.25, 0.3) is 0 Å². The largest absolute Gasteiger partial charge is 0.335 e. The van der Waals surface area contributed by atoms with Crippen molar-refractivity contribution >= 4 is 23.2 Å². The van der Waals surface area contributed by atoms with Gasteiger partial charge >= 0.3 is 0 Å². The summed E-state index contributed by atoms with van der Waals surface area (Å²) in [5, 5.41) is 10.2. The highest BCUT2D eigenvalue weighted by molar-refractivity contribution is 5.95. The number of amides is 2. The summed E-state index contributed by atoms with van der Waals surface area (Å²) in [6.07, 6.45) is 8.85. The number of H-pyrrole nitrogens is 1. The molecule has 4 rings (SSSR count). The lowest BCUT2D eigenvalue weighted by Crippen LogP contribution is -2.33. The quantitative estimate of drug-likeness (QED) is 0.604. The predicted molar refractivity (Wildman–Crippen MR) is 131 cm³/mol. The highest BCUT2D eigenvalue weighted by Crippen LogP contribution is 2.39. The standard InChI is InChI=1S/C26H33N5O2/c1-18(26(33)27-24-17-23(28-29-24)20-9-10-20)21-6-4-7-22(16-21)19-11-14-31(15-12-19)25(32)8-5-13-30(2)3/h4-8,11,16-18,20H,9-10,12-15H2,1-3H3,(H2,27,28,29,33). The van der Waals surface area contributed by atoms with Gasteiger partial charge in [0.05, 0.1) is 5.92 Å². The number of likely N-dealkylation sites (N-methyl/N-ethyl adjacent to an activating group) is 1. The number of carbonyl (C=O) groups is 2. The van der Waals surface area contributed by atoms with Crippen LogP contribution in [0.3, 0.4) is 0 Å². The van der Waals surface area contributed by atoms with Gasteiger partial charge in [-0.2, -0.15) is 5.10 Å². The summed E-state index contributed by atoms with van der Waals surface area (Å²) in [6, 6.07) is 10.1. The summed E-state index contributed by atoms with van der Waals surface area (Å²) in [6.45, 7) is 3.96. The molecule has 33 heavy (non-hydrogen) atoms. The first-order chi connectivity index (χ1) is 15.9. The van der Waals surface area contributed by atoms with Crippen LogP contribution < -0.4 is 5.32 Å². The van der Waals surface area contributed by atoms with Gasteiger partial charge in [-0.1, -0.05) is 36.4 Å². The predicted octanol–water partition coefficient (Wildman–Crippen LogP) is 3.76. The number of anilines is 1. The minimum Gasteiger partial charge on any atom is -0.335 e. The number of nitrogens with one attached hydrogen (secondary N) is 2. The fraction of sp³-hybridized carbons (Fsp3) is 0.423. The molecule has 2 amide bonds. The Bertz CT molecular complexity index is 1060. The third-order valence-corrected chi connectivity index (χ3v) is 6.27. The molecule has 0 spiro atoms. The molecule has 1 aromatic heterocycles. The summed E-state index contributed by atoms with van der Waals surface area (Å²) in [5.74, 6) is 0.843. The first-order valence-electron chi connectivity index (χ1n) is 11.7. The molecule has 1 aliphatic heterocycles. The first kappa shape index (κ1) is 23.0. The Labute approximate surface area is 195 Å². The number of aromatic amines is 1. The summed E-state index contributed by atoms with van der Waals surface area (Å²) in [4.78, 5) is 29.1. The van der Waals surface area contributed by atoms with E-state index in [1.165, 1.54) is 18.4 Å². The second kappa shape index (κ2) is 10.2. The average Bonchev–Trinajstić information content (AvgIpc) is 3.57. The van der Waals surface area contributed by atoms with E-state index < -0.39 is 0 Å². The number of nitrogens with zero attached hydrogens (tertiary/aromatic N) is 3. The lowest BCUT2D eigenvalue weighted by molar-refractivity contribution is -0.125. The van der Waals surface area contributed by atoms with Gasteiger partial charge in [-0.25, -0.2) is 0 Å². The van der Waals surface area contributed by atoms with Crippen LogP contribution >= 0.6 is 0 Å². The molecule has 1 aromatic carbocycles. The zero-order chi connectivity index (χ0) is 23.4. The number of aromatic nitrogens is 2. The molecule has 7 nitrogen and oxygen atoms in total. The zero-order valence-electron chi connectivity index (χ0n) is 19.7. The van der Waals surface area contributed by atoms with E-state index in [9.17, 15) is 9.59 Å². The van der Waals surface area contributed by atoms with E-state index in [0.29, 0.717) is 24.8 Å². The molecule has 2 heterocycles. The number of rotatable bonds is 8. The molecule has 0 bridgehead atoms. The van der Waals surface area contributed by atoms with E-state index in [-0.39, 0.29) is 17.7 Å². The maximum Gasteiger partial charge on any atom is 0.246 e. The van der Waals surface area contributed by atoms with Gasteiger partial charge in [-0.15, -0.1) is 0 Å². The second-order valence-corrected chi connectivity index (χ2v) is 9.25. The van der Waals surface area contributed by atoms with Crippen LogP contribution in [0.15, 0.2) is 48.6 Å². The van der Waals surface area contributed by atoms with Crippen LogP contribution in [0, 0.1) is 0 Å². The van der Waals surface area contributed by atoms with Crippen molar-refractivity contribution < 1.29 is 9.59 Å². The molecule has 2 N–H and O–H groups in total. The average molecular weight is 448 g/mol. The number of carbonyl (C=O) groups excluding carboxylic acids is 2. The van der Waals surface area contributed by atoms with E-state index in [1.54, 1.807) is 6.08 Å². The van der Waals surface area contributed by atoms with Crippen LogP contribution in [0.25, 0.3) is 5.57 Å². The van der Waals surface area contributed by atoms with Gasteiger partial charge in [-0.05, 0) is 57.0 Å². The molecule has 2 aliphatic rings. The van der Waals surface area contributed by atoms with Crippen molar-refractivity contribution in [2.45, 2.75) is 38.0 Å². The molecule has 1 fully saturated rings. The van der Waals surface area contributed by atoms with Gasteiger partial charge in [-0.3, -0.25) is 14.7 Å². The molecule has 1 atom stereocenters. The van der Waals surface area contributed by atoms with E-state index in [2.05, 4.69) is 33.7 Å². The lowest BCUT2D eigenvalue weighted by Gasteiger charge is -2.26. The molecular weight excluding hydrogens is 414 g/mol. The zero-order valence-corrected chi connectivity index (χ0v) is 19.7. The fourth-order valence-corrected chi connectivity index (χ4v) is 4.00. The van der Waals surface area contributed by atoms with Gasteiger partial charge in [0.2, 0.25) is 11.8 Å². The Morgan fingerprint density at radius 2 is 2.12 bits per heavy atom. The molecule has 1 aliphatic carbocycles. The normalized spacial score (nSPS) is 17.3. The minimum absolute atomic E-state index is 0.0504. The number of benzene rings is 1. The van der Waals surface area contributed by atoms with Crippen molar-refractivity contribution in [3.05, 3.63) is 65.4 Å².